The lowest BCUT2D eigenvalue weighted by Crippen LogP contribution is -2.49. The normalized spacial score (nSPS) is 11.3. The number of carbonyl (C=O) groups excluding carboxylic acids is 1. The molecule has 0 spiro atoms. The summed E-state index contributed by atoms with van der Waals surface area (Å²) < 4.78 is 1.88. The lowest BCUT2D eigenvalue weighted by molar-refractivity contribution is -0.133. The first-order valence-corrected chi connectivity index (χ1v) is 7.96. The van der Waals surface area contributed by atoms with E-state index in [4.69, 9.17) is 0 Å². The largest absolute Gasteiger partial charge is 0.372 e. The lowest BCUT2D eigenvalue weighted by Gasteiger charge is -2.31. The van der Waals surface area contributed by atoms with Crippen LogP contribution in [0.25, 0.3) is 0 Å². The van der Waals surface area contributed by atoms with Crippen molar-refractivity contribution >= 4 is 11.6 Å². The topological polar surface area (TPSA) is 50.2 Å². The number of likely N-dealkylation sites (N-methyl/N-ethyl adjacent to an activating group) is 1. The summed E-state index contributed by atoms with van der Waals surface area (Å²) >= 11 is 0. The SMILES string of the molecule is Cc1ccc(NC(C)(C)C(=O)N(C)CCCn2cccn2)cc1. The minimum atomic E-state index is -0.643. The molecule has 1 aromatic carbocycles. The van der Waals surface area contributed by atoms with Crippen molar-refractivity contribution in [2.24, 2.45) is 0 Å². The number of hydrogen-bond acceptors (Lipinski definition) is 3. The molecule has 1 aromatic heterocycles. The van der Waals surface area contributed by atoms with Crippen LogP contribution in [0.4, 0.5) is 5.69 Å². The van der Waals surface area contributed by atoms with Crippen molar-refractivity contribution in [2.75, 3.05) is 18.9 Å². The van der Waals surface area contributed by atoms with Gasteiger partial charge in [0.2, 0.25) is 5.91 Å². The molecule has 0 aliphatic heterocycles. The number of rotatable bonds is 7. The fraction of sp³-hybridized carbons (Fsp3) is 0.444. The van der Waals surface area contributed by atoms with E-state index >= 15 is 0 Å². The molecule has 0 saturated heterocycles. The molecule has 5 heteroatoms. The number of carbonyl (C=O) groups is 1. The molecule has 5 nitrogen and oxygen atoms in total. The minimum Gasteiger partial charge on any atom is -0.372 e. The van der Waals surface area contributed by atoms with Crippen LogP contribution >= 0.6 is 0 Å². The Hall–Kier alpha value is -2.30. The van der Waals surface area contributed by atoms with Gasteiger partial charge < -0.3 is 10.2 Å². The quantitative estimate of drug-likeness (QED) is 0.855. The summed E-state index contributed by atoms with van der Waals surface area (Å²) in [5, 5.41) is 7.49. The highest BCUT2D eigenvalue weighted by Gasteiger charge is 2.30. The second-order valence-electron chi connectivity index (χ2n) is 6.47. The third kappa shape index (κ3) is 4.84. The van der Waals surface area contributed by atoms with Gasteiger partial charge in [-0.05, 0) is 45.4 Å². The van der Waals surface area contributed by atoms with Crippen molar-refractivity contribution in [3.05, 3.63) is 48.3 Å². The van der Waals surface area contributed by atoms with Gasteiger partial charge in [-0.15, -0.1) is 0 Å². The second-order valence-corrected chi connectivity index (χ2v) is 6.47. The zero-order chi connectivity index (χ0) is 16.9. The van der Waals surface area contributed by atoms with Gasteiger partial charge in [0.15, 0.2) is 0 Å². The molecule has 0 unspecified atom stereocenters. The monoisotopic (exact) mass is 314 g/mol. The van der Waals surface area contributed by atoms with Crippen LogP contribution in [-0.4, -0.2) is 39.7 Å². The van der Waals surface area contributed by atoms with E-state index in [2.05, 4.69) is 10.4 Å². The number of hydrogen-bond donors (Lipinski definition) is 1. The van der Waals surface area contributed by atoms with E-state index in [1.165, 1.54) is 5.56 Å². The number of amides is 1. The molecule has 23 heavy (non-hydrogen) atoms. The summed E-state index contributed by atoms with van der Waals surface area (Å²) in [6, 6.07) is 9.99. The first-order valence-electron chi connectivity index (χ1n) is 7.96. The Labute approximate surface area is 138 Å². The van der Waals surface area contributed by atoms with Crippen molar-refractivity contribution in [2.45, 2.75) is 39.3 Å². The van der Waals surface area contributed by atoms with Gasteiger partial charge in [-0.2, -0.15) is 5.10 Å². The maximum atomic E-state index is 12.7. The van der Waals surface area contributed by atoms with Crippen LogP contribution in [0.2, 0.25) is 0 Å². The van der Waals surface area contributed by atoms with Crippen molar-refractivity contribution in [3.63, 3.8) is 0 Å². The van der Waals surface area contributed by atoms with Crippen LogP contribution in [0.15, 0.2) is 42.7 Å². The van der Waals surface area contributed by atoms with Crippen LogP contribution in [0.3, 0.4) is 0 Å². The number of nitrogens with one attached hydrogen (secondary N) is 1. The van der Waals surface area contributed by atoms with Crippen molar-refractivity contribution < 1.29 is 4.79 Å². The molecule has 1 heterocycles. The van der Waals surface area contributed by atoms with Crippen molar-refractivity contribution in [1.82, 2.24) is 14.7 Å². The molecule has 0 radical (unpaired) electrons. The summed E-state index contributed by atoms with van der Waals surface area (Å²) in [7, 11) is 1.85. The Kier molecular flexibility index (Phi) is 5.42. The molecule has 2 aromatic rings. The van der Waals surface area contributed by atoms with Gasteiger partial charge in [0.1, 0.15) is 5.54 Å². The minimum absolute atomic E-state index is 0.0820. The summed E-state index contributed by atoms with van der Waals surface area (Å²) in [5.74, 6) is 0.0820. The molecule has 0 fully saturated rings. The van der Waals surface area contributed by atoms with Crippen LogP contribution in [0.1, 0.15) is 25.8 Å². The maximum Gasteiger partial charge on any atom is 0.247 e. The average molecular weight is 314 g/mol. The molecular formula is C18H26N4O. The predicted octanol–water partition coefficient (Wildman–Crippen LogP) is 2.93. The number of anilines is 1. The smallest absolute Gasteiger partial charge is 0.247 e. The standard InChI is InChI=1S/C18H26N4O/c1-15-7-9-16(10-8-15)20-18(2,3)17(23)21(4)12-6-14-22-13-5-11-19-22/h5,7-11,13,20H,6,12,14H2,1-4H3. The lowest BCUT2D eigenvalue weighted by atomic mass is 10.0. The Morgan fingerprint density at radius 2 is 2.00 bits per heavy atom. The molecule has 2 rings (SSSR count). The fourth-order valence-electron chi connectivity index (χ4n) is 2.53. The van der Waals surface area contributed by atoms with E-state index in [0.717, 1.165) is 18.7 Å². The van der Waals surface area contributed by atoms with Crippen molar-refractivity contribution in [3.8, 4) is 0 Å². The fourth-order valence-corrected chi connectivity index (χ4v) is 2.53. The molecule has 0 aliphatic rings. The second kappa shape index (κ2) is 7.31. The van der Waals surface area contributed by atoms with E-state index in [0.29, 0.717) is 6.54 Å². The molecule has 0 atom stereocenters. The van der Waals surface area contributed by atoms with E-state index < -0.39 is 5.54 Å². The van der Waals surface area contributed by atoms with Crippen LogP contribution in [0.5, 0.6) is 0 Å². The van der Waals surface area contributed by atoms with Crippen molar-refractivity contribution in [1.29, 1.82) is 0 Å². The zero-order valence-corrected chi connectivity index (χ0v) is 14.4. The molecule has 0 aliphatic carbocycles. The molecule has 124 valence electrons. The summed E-state index contributed by atoms with van der Waals surface area (Å²) in [4.78, 5) is 14.5. The zero-order valence-electron chi connectivity index (χ0n) is 14.4. The summed E-state index contributed by atoms with van der Waals surface area (Å²) in [5.41, 5.74) is 1.52. The highest BCUT2D eigenvalue weighted by Crippen LogP contribution is 2.17. The predicted molar refractivity (Wildman–Crippen MR) is 93.4 cm³/mol. The third-order valence-corrected chi connectivity index (χ3v) is 3.83. The van der Waals surface area contributed by atoms with E-state index in [9.17, 15) is 4.79 Å². The van der Waals surface area contributed by atoms with Gasteiger partial charge in [0, 0.05) is 38.2 Å². The third-order valence-electron chi connectivity index (χ3n) is 3.83. The van der Waals surface area contributed by atoms with Crippen LogP contribution in [0, 0.1) is 6.92 Å². The highest BCUT2D eigenvalue weighted by atomic mass is 16.2. The molecular weight excluding hydrogens is 288 g/mol. The Balaban J connectivity index is 1.87. The number of nitrogens with zero attached hydrogens (tertiary/aromatic N) is 3. The Morgan fingerprint density at radius 3 is 2.61 bits per heavy atom. The maximum absolute atomic E-state index is 12.7. The van der Waals surface area contributed by atoms with Gasteiger partial charge in [-0.3, -0.25) is 9.48 Å². The Morgan fingerprint density at radius 1 is 1.30 bits per heavy atom. The van der Waals surface area contributed by atoms with Crippen LogP contribution in [-0.2, 0) is 11.3 Å². The summed E-state index contributed by atoms with van der Waals surface area (Å²) in [6.45, 7) is 7.40. The van der Waals surface area contributed by atoms with Gasteiger partial charge in [0.25, 0.3) is 0 Å². The van der Waals surface area contributed by atoms with Gasteiger partial charge in [0.05, 0.1) is 0 Å². The van der Waals surface area contributed by atoms with Gasteiger partial charge in [-0.1, -0.05) is 17.7 Å². The van der Waals surface area contributed by atoms with E-state index in [-0.39, 0.29) is 5.91 Å². The molecule has 1 amide bonds. The number of aromatic nitrogens is 2. The molecule has 1 N–H and O–H groups in total. The number of aryl methyl sites for hydroxylation is 2. The first kappa shape index (κ1) is 17.1. The highest BCUT2D eigenvalue weighted by molar-refractivity contribution is 5.88. The molecule has 0 saturated carbocycles. The molecule has 0 bridgehead atoms. The summed E-state index contributed by atoms with van der Waals surface area (Å²) in [6.07, 6.45) is 4.58. The number of benzene rings is 1. The van der Waals surface area contributed by atoms with Crippen LogP contribution < -0.4 is 5.32 Å². The first-order chi connectivity index (χ1) is 10.9. The van der Waals surface area contributed by atoms with Gasteiger partial charge in [-0.25, -0.2) is 0 Å². The Bertz CT molecular complexity index is 617. The van der Waals surface area contributed by atoms with E-state index in [1.807, 2.05) is 69.0 Å². The van der Waals surface area contributed by atoms with Gasteiger partial charge >= 0.3 is 0 Å². The average Bonchev–Trinajstić information content (AvgIpc) is 3.02. The van der Waals surface area contributed by atoms with E-state index in [1.54, 1.807) is 11.1 Å².